The standard InChI is InChI=1S/C19H22N2O.ClH/c1-14-13-22-18-8-3-2-5-16(18)11-21(14)12-17-7-4-6-15-9-10-20-19(15)17;/h2-8,14,20H,9-13H2,1H3;1H. The summed E-state index contributed by atoms with van der Waals surface area (Å²) >= 11 is 0. The smallest absolute Gasteiger partial charge is 0.123 e. The Balaban J connectivity index is 0.00000156. The molecule has 0 saturated heterocycles. The fourth-order valence-corrected chi connectivity index (χ4v) is 3.44. The molecule has 4 heteroatoms. The molecule has 2 aromatic rings. The number of hydrogen-bond acceptors (Lipinski definition) is 3. The monoisotopic (exact) mass is 330 g/mol. The summed E-state index contributed by atoms with van der Waals surface area (Å²) in [6.07, 6.45) is 1.14. The van der Waals surface area contributed by atoms with Gasteiger partial charge in [-0.2, -0.15) is 0 Å². The van der Waals surface area contributed by atoms with E-state index in [4.69, 9.17) is 4.74 Å². The average Bonchev–Trinajstić information content (AvgIpc) is 2.96. The predicted molar refractivity (Wildman–Crippen MR) is 96.5 cm³/mol. The first-order chi connectivity index (χ1) is 10.8. The van der Waals surface area contributed by atoms with E-state index in [-0.39, 0.29) is 12.4 Å². The van der Waals surface area contributed by atoms with Crippen LogP contribution in [0.5, 0.6) is 5.75 Å². The Kier molecular flexibility index (Phi) is 4.79. The zero-order valence-electron chi connectivity index (χ0n) is 13.4. The number of fused-ring (bicyclic) bond motifs is 2. The van der Waals surface area contributed by atoms with Gasteiger partial charge in [-0.25, -0.2) is 0 Å². The Labute approximate surface area is 144 Å². The van der Waals surface area contributed by atoms with Crippen LogP contribution in [0.4, 0.5) is 5.69 Å². The highest BCUT2D eigenvalue weighted by atomic mass is 35.5. The Morgan fingerprint density at radius 2 is 1.96 bits per heavy atom. The molecule has 0 bridgehead atoms. The minimum absolute atomic E-state index is 0. The van der Waals surface area contributed by atoms with Crippen LogP contribution in [-0.4, -0.2) is 24.1 Å². The number of hydrogen-bond donors (Lipinski definition) is 1. The van der Waals surface area contributed by atoms with Crippen LogP contribution >= 0.6 is 12.4 Å². The molecule has 2 aliphatic heterocycles. The van der Waals surface area contributed by atoms with Crippen molar-refractivity contribution in [2.45, 2.75) is 32.5 Å². The van der Waals surface area contributed by atoms with E-state index in [1.165, 1.54) is 22.4 Å². The molecular weight excluding hydrogens is 308 g/mol. The molecular formula is C19H23ClN2O. The number of ether oxygens (including phenoxy) is 1. The summed E-state index contributed by atoms with van der Waals surface area (Å²) in [5.41, 5.74) is 5.50. The van der Waals surface area contributed by atoms with E-state index < -0.39 is 0 Å². The molecule has 23 heavy (non-hydrogen) atoms. The van der Waals surface area contributed by atoms with E-state index in [2.05, 4.69) is 53.5 Å². The van der Waals surface area contributed by atoms with Crippen LogP contribution in [0.3, 0.4) is 0 Å². The first kappa shape index (κ1) is 16.2. The Morgan fingerprint density at radius 3 is 2.87 bits per heavy atom. The zero-order chi connectivity index (χ0) is 14.9. The SMILES string of the molecule is CC1COc2ccccc2CN1Cc1cccc2c1NCC2.Cl. The number of anilines is 1. The van der Waals surface area contributed by atoms with E-state index in [9.17, 15) is 0 Å². The first-order valence-electron chi connectivity index (χ1n) is 8.10. The average molecular weight is 331 g/mol. The van der Waals surface area contributed by atoms with Gasteiger partial charge < -0.3 is 10.1 Å². The van der Waals surface area contributed by atoms with Crippen LogP contribution in [0.2, 0.25) is 0 Å². The Morgan fingerprint density at radius 1 is 1.13 bits per heavy atom. The fourth-order valence-electron chi connectivity index (χ4n) is 3.44. The van der Waals surface area contributed by atoms with E-state index in [1.54, 1.807) is 0 Å². The Bertz CT molecular complexity index is 689. The van der Waals surface area contributed by atoms with Gasteiger partial charge in [0.2, 0.25) is 0 Å². The molecule has 2 heterocycles. The molecule has 0 radical (unpaired) electrons. The third kappa shape index (κ3) is 3.17. The Hall–Kier alpha value is -1.71. The van der Waals surface area contributed by atoms with E-state index >= 15 is 0 Å². The highest BCUT2D eigenvalue weighted by molar-refractivity contribution is 5.85. The van der Waals surface area contributed by atoms with Crippen LogP contribution < -0.4 is 10.1 Å². The summed E-state index contributed by atoms with van der Waals surface area (Å²) in [6, 6.07) is 15.5. The quantitative estimate of drug-likeness (QED) is 0.905. The molecule has 0 aromatic heterocycles. The van der Waals surface area contributed by atoms with Crippen molar-refractivity contribution in [1.29, 1.82) is 0 Å². The zero-order valence-corrected chi connectivity index (χ0v) is 14.2. The molecule has 3 nitrogen and oxygen atoms in total. The van der Waals surface area contributed by atoms with Gasteiger partial charge in [-0.3, -0.25) is 4.90 Å². The molecule has 1 atom stereocenters. The predicted octanol–water partition coefficient (Wildman–Crippen LogP) is 3.86. The molecule has 0 aliphatic carbocycles. The van der Waals surface area contributed by atoms with Crippen molar-refractivity contribution in [2.75, 3.05) is 18.5 Å². The van der Waals surface area contributed by atoms with Gasteiger partial charge in [0, 0.05) is 36.9 Å². The maximum Gasteiger partial charge on any atom is 0.123 e. The van der Waals surface area contributed by atoms with Gasteiger partial charge in [0.05, 0.1) is 0 Å². The van der Waals surface area contributed by atoms with Gasteiger partial charge >= 0.3 is 0 Å². The summed E-state index contributed by atoms with van der Waals surface area (Å²) in [5, 5.41) is 3.55. The van der Waals surface area contributed by atoms with E-state index in [0.717, 1.165) is 38.4 Å². The molecule has 0 fully saturated rings. The molecule has 1 N–H and O–H groups in total. The van der Waals surface area contributed by atoms with E-state index in [1.807, 2.05) is 6.07 Å². The second-order valence-electron chi connectivity index (χ2n) is 6.30. The molecule has 122 valence electrons. The van der Waals surface area contributed by atoms with E-state index in [0.29, 0.717) is 6.04 Å². The van der Waals surface area contributed by atoms with Crippen LogP contribution in [0.25, 0.3) is 0 Å². The molecule has 4 rings (SSSR count). The normalized spacial score (nSPS) is 19.6. The van der Waals surface area contributed by atoms with Gasteiger partial charge in [-0.15, -0.1) is 12.4 Å². The first-order valence-corrected chi connectivity index (χ1v) is 8.10. The van der Waals surface area contributed by atoms with Gasteiger partial charge in [0.1, 0.15) is 12.4 Å². The van der Waals surface area contributed by atoms with Crippen molar-refractivity contribution in [3.05, 3.63) is 59.2 Å². The van der Waals surface area contributed by atoms with Gasteiger partial charge in [-0.1, -0.05) is 36.4 Å². The molecule has 1 unspecified atom stereocenters. The summed E-state index contributed by atoms with van der Waals surface area (Å²) < 4.78 is 5.96. The number of para-hydroxylation sites is 2. The minimum Gasteiger partial charge on any atom is -0.492 e. The lowest BCUT2D eigenvalue weighted by Gasteiger charge is -2.27. The van der Waals surface area contributed by atoms with Crippen molar-refractivity contribution < 1.29 is 4.74 Å². The number of benzene rings is 2. The molecule has 2 aliphatic rings. The highest BCUT2D eigenvalue weighted by Gasteiger charge is 2.23. The topological polar surface area (TPSA) is 24.5 Å². The lowest BCUT2D eigenvalue weighted by atomic mass is 10.1. The van der Waals surface area contributed by atoms with Gasteiger partial charge in [0.25, 0.3) is 0 Å². The van der Waals surface area contributed by atoms with Crippen LogP contribution in [-0.2, 0) is 19.5 Å². The summed E-state index contributed by atoms with van der Waals surface area (Å²) in [4.78, 5) is 2.52. The second kappa shape index (κ2) is 6.81. The number of nitrogens with zero attached hydrogens (tertiary/aromatic N) is 1. The van der Waals surface area contributed by atoms with Crippen molar-refractivity contribution in [1.82, 2.24) is 4.90 Å². The minimum atomic E-state index is 0. The second-order valence-corrected chi connectivity index (χ2v) is 6.30. The van der Waals surface area contributed by atoms with Crippen LogP contribution in [0.15, 0.2) is 42.5 Å². The van der Waals surface area contributed by atoms with Crippen molar-refractivity contribution >= 4 is 18.1 Å². The van der Waals surface area contributed by atoms with Crippen molar-refractivity contribution in [3.63, 3.8) is 0 Å². The van der Waals surface area contributed by atoms with Crippen molar-refractivity contribution in [3.8, 4) is 5.75 Å². The molecule has 0 amide bonds. The third-order valence-electron chi connectivity index (χ3n) is 4.76. The molecule has 2 aromatic carbocycles. The lowest BCUT2D eigenvalue weighted by Crippen LogP contribution is -2.34. The van der Waals surface area contributed by atoms with Crippen molar-refractivity contribution in [2.24, 2.45) is 0 Å². The molecule has 0 saturated carbocycles. The summed E-state index contributed by atoms with van der Waals surface area (Å²) in [5.74, 6) is 1.04. The maximum atomic E-state index is 5.96. The van der Waals surface area contributed by atoms with Gasteiger partial charge in [0.15, 0.2) is 0 Å². The summed E-state index contributed by atoms with van der Waals surface area (Å²) in [7, 11) is 0. The number of halogens is 1. The number of rotatable bonds is 2. The third-order valence-corrected chi connectivity index (χ3v) is 4.76. The molecule has 0 spiro atoms. The van der Waals surface area contributed by atoms with Gasteiger partial charge in [-0.05, 0) is 30.5 Å². The lowest BCUT2D eigenvalue weighted by molar-refractivity contribution is 0.151. The largest absolute Gasteiger partial charge is 0.492 e. The maximum absolute atomic E-state index is 5.96. The summed E-state index contributed by atoms with van der Waals surface area (Å²) in [6.45, 7) is 5.98. The van der Waals surface area contributed by atoms with Crippen LogP contribution in [0, 0.1) is 0 Å². The van der Waals surface area contributed by atoms with Crippen LogP contribution in [0.1, 0.15) is 23.6 Å². The number of nitrogens with one attached hydrogen (secondary N) is 1. The fraction of sp³-hybridized carbons (Fsp3) is 0.368. The highest BCUT2D eigenvalue weighted by Crippen LogP contribution is 2.30.